The van der Waals surface area contributed by atoms with Crippen molar-refractivity contribution in [2.75, 3.05) is 5.08 Å². The molecule has 0 N–H and O–H groups in total. The third-order valence-corrected chi connectivity index (χ3v) is 5.34. The fraction of sp³-hybridized carbons (Fsp3) is 0.0769. The van der Waals surface area contributed by atoms with Crippen molar-refractivity contribution in [1.29, 1.82) is 0 Å². The number of benzene rings is 2. The summed E-state index contributed by atoms with van der Waals surface area (Å²) in [7, 11) is 0. The molecule has 4 bridgehead atoms. The maximum Gasteiger partial charge on any atom is 0.176 e. The second kappa shape index (κ2) is 5.59. The monoisotopic (exact) mass is 374 g/mol. The van der Waals surface area contributed by atoms with Crippen LogP contribution in [0.5, 0.6) is 0 Å². The fourth-order valence-electron chi connectivity index (χ4n) is 2.06. The van der Waals surface area contributed by atoms with Gasteiger partial charge in [-0.15, -0.1) is 23.5 Å². The van der Waals surface area contributed by atoms with Gasteiger partial charge in [0.05, 0.1) is 20.9 Å². The van der Waals surface area contributed by atoms with Gasteiger partial charge >= 0.3 is 0 Å². The first-order chi connectivity index (χ1) is 10.8. The van der Waals surface area contributed by atoms with Gasteiger partial charge in [-0.1, -0.05) is 0 Å². The minimum absolute atomic E-state index is 0.202. The Morgan fingerprint density at radius 1 is 0.435 bits per heavy atom. The van der Waals surface area contributed by atoms with E-state index < -0.39 is 72.5 Å². The lowest BCUT2D eigenvalue weighted by molar-refractivity contribution is 0.415. The van der Waals surface area contributed by atoms with Crippen molar-refractivity contribution >= 4 is 23.5 Å². The standard InChI is InChI=1S/C13H2F8S2/c14-4-2-3-6(16)10(20)13(11(21)7(3)17)23-1-22-12(8(4)18)9(19)5(2)15/h1H2. The number of hydrogen-bond donors (Lipinski definition) is 0. The van der Waals surface area contributed by atoms with E-state index in [0.29, 0.717) is 0 Å². The average Bonchev–Trinajstić information content (AvgIpc) is 2.55. The molecule has 0 saturated heterocycles. The molecule has 0 aromatic heterocycles. The molecule has 2 aromatic carbocycles. The number of halogens is 8. The lowest BCUT2D eigenvalue weighted by Gasteiger charge is -2.13. The number of rotatable bonds is 0. The van der Waals surface area contributed by atoms with Crippen molar-refractivity contribution in [3.8, 4) is 11.1 Å². The number of thioether (sulfide) groups is 2. The Bertz CT molecular complexity index is 721. The van der Waals surface area contributed by atoms with Gasteiger partial charge in [0, 0.05) is 5.08 Å². The highest BCUT2D eigenvalue weighted by Gasteiger charge is 2.35. The van der Waals surface area contributed by atoms with Crippen LogP contribution in [0.3, 0.4) is 0 Å². The maximum absolute atomic E-state index is 14.0. The van der Waals surface area contributed by atoms with Gasteiger partial charge in [0.25, 0.3) is 0 Å². The van der Waals surface area contributed by atoms with Crippen LogP contribution in [-0.2, 0) is 0 Å². The molecule has 0 nitrogen and oxygen atoms in total. The summed E-state index contributed by atoms with van der Waals surface area (Å²) in [5.74, 6) is -16.1. The molecule has 0 radical (unpaired) electrons. The van der Waals surface area contributed by atoms with Crippen molar-refractivity contribution in [3.63, 3.8) is 0 Å². The molecule has 0 unspecified atom stereocenters. The first-order valence-corrected chi connectivity index (χ1v) is 7.72. The van der Waals surface area contributed by atoms with E-state index in [-0.39, 0.29) is 23.5 Å². The van der Waals surface area contributed by atoms with Crippen LogP contribution in [0, 0.1) is 46.5 Å². The smallest absolute Gasteiger partial charge is 0.176 e. The van der Waals surface area contributed by atoms with Gasteiger partial charge in [0.1, 0.15) is 0 Å². The predicted octanol–water partition coefficient (Wildman–Crippen LogP) is 5.62. The van der Waals surface area contributed by atoms with Crippen molar-refractivity contribution in [2.24, 2.45) is 0 Å². The van der Waals surface area contributed by atoms with E-state index >= 15 is 0 Å². The highest BCUT2D eigenvalue weighted by molar-refractivity contribution is 8.16. The van der Waals surface area contributed by atoms with Crippen molar-refractivity contribution < 1.29 is 35.1 Å². The molecule has 0 spiro atoms. The zero-order valence-electron chi connectivity index (χ0n) is 10.5. The Morgan fingerprint density at radius 2 is 0.696 bits per heavy atom. The Labute approximate surface area is 131 Å². The normalized spacial score (nSPS) is 13.6. The zero-order chi connectivity index (χ0) is 17.0. The van der Waals surface area contributed by atoms with E-state index in [9.17, 15) is 35.1 Å². The lowest BCUT2D eigenvalue weighted by atomic mass is 10.0. The Kier molecular flexibility index (Phi) is 3.99. The molecular formula is C13H2F8S2. The van der Waals surface area contributed by atoms with Gasteiger partial charge in [-0.3, -0.25) is 0 Å². The van der Waals surface area contributed by atoms with Crippen LogP contribution in [0.4, 0.5) is 35.1 Å². The van der Waals surface area contributed by atoms with Crippen LogP contribution in [0.1, 0.15) is 0 Å². The van der Waals surface area contributed by atoms with Gasteiger partial charge in [-0.05, 0) is 0 Å². The largest absolute Gasteiger partial charge is 0.203 e. The molecule has 10 heteroatoms. The van der Waals surface area contributed by atoms with Gasteiger partial charge in [-0.25, -0.2) is 35.1 Å². The second-order valence-corrected chi connectivity index (χ2v) is 6.66. The van der Waals surface area contributed by atoms with Gasteiger partial charge in [0.2, 0.25) is 0 Å². The van der Waals surface area contributed by atoms with E-state index in [1.807, 2.05) is 0 Å². The summed E-state index contributed by atoms with van der Waals surface area (Å²) in [4.78, 5) is -2.17. The molecule has 2 aromatic rings. The van der Waals surface area contributed by atoms with Crippen molar-refractivity contribution in [1.82, 2.24) is 0 Å². The molecular weight excluding hydrogens is 372 g/mol. The van der Waals surface area contributed by atoms with E-state index in [1.54, 1.807) is 0 Å². The predicted molar refractivity (Wildman–Crippen MR) is 68.1 cm³/mol. The SMILES string of the molecule is Fc1c(F)c2c(F)c(F)c1SCSc1c(F)c(F)c-2c(F)c1F. The van der Waals surface area contributed by atoms with Gasteiger partial charge < -0.3 is 0 Å². The van der Waals surface area contributed by atoms with E-state index in [4.69, 9.17) is 0 Å². The summed E-state index contributed by atoms with van der Waals surface area (Å²) < 4.78 is 111. The zero-order valence-corrected chi connectivity index (χ0v) is 12.2. The molecule has 4 aliphatic rings. The molecule has 0 amide bonds. The van der Waals surface area contributed by atoms with E-state index in [0.717, 1.165) is 0 Å². The van der Waals surface area contributed by atoms with E-state index in [1.165, 1.54) is 0 Å². The maximum atomic E-state index is 14.0. The molecule has 0 aliphatic carbocycles. The molecule has 122 valence electrons. The van der Waals surface area contributed by atoms with Gasteiger partial charge in [0.15, 0.2) is 46.5 Å². The van der Waals surface area contributed by atoms with Crippen molar-refractivity contribution in [2.45, 2.75) is 9.79 Å². The summed E-state index contributed by atoms with van der Waals surface area (Å²) in [6, 6.07) is 0. The second-order valence-electron chi connectivity index (χ2n) is 4.33. The third-order valence-electron chi connectivity index (χ3n) is 3.10. The van der Waals surface area contributed by atoms with Crippen molar-refractivity contribution in [3.05, 3.63) is 46.5 Å². The Hall–Kier alpha value is -1.42. The highest BCUT2D eigenvalue weighted by atomic mass is 32.2. The molecule has 6 rings (SSSR count). The Balaban J connectivity index is 2.58. The summed E-state index contributed by atoms with van der Waals surface area (Å²) in [5, 5.41) is -0.544. The van der Waals surface area contributed by atoms with Crippen LogP contribution < -0.4 is 0 Å². The first-order valence-electron chi connectivity index (χ1n) is 5.75. The summed E-state index contributed by atoms with van der Waals surface area (Å²) in [6.45, 7) is 0. The summed E-state index contributed by atoms with van der Waals surface area (Å²) in [5.41, 5.74) is -3.67. The topological polar surface area (TPSA) is 0 Å². The first kappa shape index (κ1) is 16.4. The summed E-state index contributed by atoms with van der Waals surface area (Å²) >= 11 is 0.404. The highest BCUT2D eigenvalue weighted by Crippen LogP contribution is 2.44. The molecule has 0 atom stereocenters. The van der Waals surface area contributed by atoms with Crippen LogP contribution in [0.2, 0.25) is 0 Å². The number of hydrogen-bond acceptors (Lipinski definition) is 2. The Morgan fingerprint density at radius 3 is 0.957 bits per heavy atom. The van der Waals surface area contributed by atoms with Crippen LogP contribution in [0.15, 0.2) is 9.79 Å². The quantitative estimate of drug-likeness (QED) is 0.434. The van der Waals surface area contributed by atoms with Crippen LogP contribution in [0.25, 0.3) is 11.1 Å². The molecule has 0 saturated carbocycles. The van der Waals surface area contributed by atoms with Crippen LogP contribution in [-0.4, -0.2) is 5.08 Å². The van der Waals surface area contributed by atoms with Crippen LogP contribution >= 0.6 is 23.5 Å². The minimum Gasteiger partial charge on any atom is -0.203 e. The van der Waals surface area contributed by atoms with E-state index in [2.05, 4.69) is 0 Å². The minimum atomic E-state index is -2.14. The third kappa shape index (κ3) is 2.22. The molecule has 23 heavy (non-hydrogen) atoms. The molecule has 4 heterocycles. The fourth-order valence-corrected chi connectivity index (χ4v) is 4.11. The molecule has 4 aliphatic heterocycles. The summed E-state index contributed by atoms with van der Waals surface area (Å²) in [6.07, 6.45) is 0. The lowest BCUT2D eigenvalue weighted by Crippen LogP contribution is -2.07. The van der Waals surface area contributed by atoms with Gasteiger partial charge in [-0.2, -0.15) is 0 Å². The average molecular weight is 374 g/mol. The molecule has 0 fully saturated rings.